The van der Waals surface area contributed by atoms with Crippen LogP contribution in [0.3, 0.4) is 0 Å². The summed E-state index contributed by atoms with van der Waals surface area (Å²) in [6, 6.07) is 13.2. The summed E-state index contributed by atoms with van der Waals surface area (Å²) in [6.07, 6.45) is 9.45. The number of alkyl carbamates (subject to hydrolysis) is 1. The lowest BCUT2D eigenvalue weighted by atomic mass is 10.0. The van der Waals surface area contributed by atoms with Crippen LogP contribution >= 0.6 is 0 Å². The lowest BCUT2D eigenvalue weighted by molar-refractivity contribution is -0.137. The number of nitrogens with one attached hydrogen (secondary N) is 6. The van der Waals surface area contributed by atoms with E-state index in [0.29, 0.717) is 94.1 Å². The SMILES string of the molecule is CC(C)[C@H](NC(=O)CCCCCN1C(=O)C=CC1=O)C(=O)N[C@@H](CCCNC(N)=O)C(=O)Nc1ccc(COC(=O)N[C@@H]2CCN(c3ccc(-c4cnc(N)c(C(=O)Nc5cnccc5N5CCOCC5)n4)cc3)C2)cc1. The average Bonchev–Trinajstić information content (AvgIpc) is 4.03. The number of nitrogens with two attached hydrogens (primary N) is 2. The molecule has 408 valence electrons. The van der Waals surface area contributed by atoms with E-state index in [2.05, 4.69) is 56.7 Å². The molecule has 0 aliphatic carbocycles. The maximum absolute atomic E-state index is 13.6. The van der Waals surface area contributed by atoms with Gasteiger partial charge in [0.15, 0.2) is 11.5 Å². The fourth-order valence-corrected chi connectivity index (χ4v) is 8.89. The van der Waals surface area contributed by atoms with Gasteiger partial charge in [-0.3, -0.25) is 38.7 Å². The quantitative estimate of drug-likeness (QED) is 0.0369. The van der Waals surface area contributed by atoms with Crippen LogP contribution in [0.15, 0.2) is 85.3 Å². The number of amides is 9. The van der Waals surface area contributed by atoms with Gasteiger partial charge >= 0.3 is 12.1 Å². The maximum atomic E-state index is 13.6. The Morgan fingerprint density at radius 3 is 2.29 bits per heavy atom. The number of rotatable bonds is 24. The largest absolute Gasteiger partial charge is 0.445 e. The topological polar surface area (TPSA) is 328 Å². The van der Waals surface area contributed by atoms with Crippen LogP contribution < -0.4 is 53.2 Å². The van der Waals surface area contributed by atoms with Gasteiger partial charge in [0, 0.05) is 81.0 Å². The van der Waals surface area contributed by atoms with Gasteiger partial charge in [-0.1, -0.05) is 44.5 Å². The van der Waals surface area contributed by atoms with Crippen LogP contribution in [0.25, 0.3) is 11.3 Å². The number of nitrogen functional groups attached to an aromatic ring is 1. The number of benzene rings is 2. The molecule has 3 atom stereocenters. The maximum Gasteiger partial charge on any atom is 0.407 e. The predicted molar refractivity (Wildman–Crippen MR) is 286 cm³/mol. The number of ether oxygens (including phenoxy) is 2. The standard InChI is InChI=1S/C53H66N14O10/c1-33(2)46(64-43(68)8-4-3-5-23-67-44(69)17-18-45(67)70)50(72)62-39(7-6-21-57-52(55)74)49(71)59-36-13-9-34(10-14-36)32-77-53(75)60-37-20-24-66(31-37)38-15-11-35(12-16-38)40-30-58-48(54)47(61-40)51(73)63-41-29-56-22-19-42(41)65-25-27-76-28-26-65/h9-19,22,29-30,33,37,39,46H,3-8,20-21,23-28,31-32H2,1-2H3,(H2,54,58)(H,59,71)(H,60,75)(H,62,72)(H,63,73)(H,64,68)(H3,55,57,74)/t37-,39+,46+/m1/s1. The van der Waals surface area contributed by atoms with E-state index in [4.69, 9.17) is 20.9 Å². The molecule has 2 aromatic heterocycles. The molecular weight excluding hydrogens is 993 g/mol. The van der Waals surface area contributed by atoms with Gasteiger partial charge in [-0.05, 0) is 73.9 Å². The number of carbonyl (C=O) groups is 8. The number of nitrogens with zero attached hydrogens (tertiary/aromatic N) is 6. The van der Waals surface area contributed by atoms with Crippen LogP contribution in [0.1, 0.15) is 74.8 Å². The fraction of sp³-hybridized carbons (Fsp3) is 0.415. The van der Waals surface area contributed by atoms with E-state index < -0.39 is 41.9 Å². The number of urea groups is 1. The molecule has 10 N–H and O–H groups in total. The van der Waals surface area contributed by atoms with Gasteiger partial charge < -0.3 is 62.6 Å². The average molecular weight is 1060 g/mol. The second-order valence-corrected chi connectivity index (χ2v) is 19.1. The summed E-state index contributed by atoms with van der Waals surface area (Å²) in [5, 5.41) is 16.7. The van der Waals surface area contributed by atoms with Gasteiger partial charge in [-0.2, -0.15) is 0 Å². The third-order valence-corrected chi connectivity index (χ3v) is 13.1. The van der Waals surface area contributed by atoms with Crippen LogP contribution in [0.4, 0.5) is 38.2 Å². The summed E-state index contributed by atoms with van der Waals surface area (Å²) in [6.45, 7) is 7.65. The summed E-state index contributed by atoms with van der Waals surface area (Å²) in [5.41, 5.74) is 15.9. The predicted octanol–water partition coefficient (Wildman–Crippen LogP) is 3.21. The third kappa shape index (κ3) is 16.2. The number of aromatic nitrogens is 3. The highest BCUT2D eigenvalue weighted by atomic mass is 16.5. The van der Waals surface area contributed by atoms with E-state index in [-0.39, 0.29) is 73.7 Å². The van der Waals surface area contributed by atoms with E-state index >= 15 is 0 Å². The smallest absolute Gasteiger partial charge is 0.407 e. The first-order chi connectivity index (χ1) is 37.1. The molecule has 77 heavy (non-hydrogen) atoms. The molecule has 24 heteroatoms. The Hall–Kier alpha value is -8.67. The Morgan fingerprint density at radius 2 is 1.57 bits per heavy atom. The van der Waals surface area contributed by atoms with Gasteiger partial charge in [0.25, 0.3) is 17.7 Å². The number of unbranched alkanes of at least 4 members (excludes halogenated alkanes) is 2. The molecule has 3 aliphatic rings. The number of imide groups is 1. The molecule has 2 fully saturated rings. The molecule has 0 bridgehead atoms. The Bertz CT molecular complexity index is 2770. The number of anilines is 5. The first-order valence-corrected chi connectivity index (χ1v) is 25.7. The number of morpholine rings is 1. The van der Waals surface area contributed by atoms with E-state index in [9.17, 15) is 38.4 Å². The van der Waals surface area contributed by atoms with Crippen LogP contribution in [0, 0.1) is 5.92 Å². The molecular formula is C53H66N14O10. The van der Waals surface area contributed by atoms with E-state index in [1.807, 2.05) is 30.3 Å². The molecule has 0 radical (unpaired) electrons. The number of hydrogen-bond donors (Lipinski definition) is 8. The first kappa shape index (κ1) is 56.1. The molecule has 2 saturated heterocycles. The van der Waals surface area contributed by atoms with Crippen LogP contribution in [-0.4, -0.2) is 138 Å². The summed E-state index contributed by atoms with van der Waals surface area (Å²) >= 11 is 0. The Labute approximate surface area is 445 Å². The zero-order valence-electron chi connectivity index (χ0n) is 43.1. The highest BCUT2D eigenvalue weighted by Gasteiger charge is 2.30. The van der Waals surface area contributed by atoms with Gasteiger partial charge in [0.1, 0.15) is 18.7 Å². The van der Waals surface area contributed by atoms with Crippen molar-refractivity contribution in [3.8, 4) is 11.3 Å². The highest BCUT2D eigenvalue weighted by molar-refractivity contribution is 6.13. The van der Waals surface area contributed by atoms with Crippen molar-refractivity contribution in [2.24, 2.45) is 11.7 Å². The summed E-state index contributed by atoms with van der Waals surface area (Å²) < 4.78 is 11.0. The summed E-state index contributed by atoms with van der Waals surface area (Å²) in [7, 11) is 0. The van der Waals surface area contributed by atoms with Crippen molar-refractivity contribution in [2.45, 2.75) is 83.5 Å². The van der Waals surface area contributed by atoms with Crippen molar-refractivity contribution in [3.63, 3.8) is 0 Å². The monoisotopic (exact) mass is 1060 g/mol. The number of pyridine rings is 1. The molecule has 2 aromatic carbocycles. The molecule has 0 spiro atoms. The molecule has 7 rings (SSSR count). The summed E-state index contributed by atoms with van der Waals surface area (Å²) in [4.78, 5) is 120. The number of primary amides is 1. The normalized spacial score (nSPS) is 15.9. The Balaban J connectivity index is 0.849. The molecule has 0 saturated carbocycles. The van der Waals surface area contributed by atoms with Gasteiger partial charge in [0.2, 0.25) is 17.7 Å². The zero-order valence-corrected chi connectivity index (χ0v) is 43.1. The fourth-order valence-electron chi connectivity index (χ4n) is 8.89. The Kier molecular flexibility index (Phi) is 19.8. The van der Waals surface area contributed by atoms with Crippen molar-refractivity contribution in [2.75, 3.05) is 78.6 Å². The second-order valence-electron chi connectivity index (χ2n) is 19.1. The molecule has 24 nitrogen and oxygen atoms in total. The number of hydrogen-bond acceptors (Lipinski definition) is 16. The molecule has 0 unspecified atom stereocenters. The van der Waals surface area contributed by atoms with Crippen molar-refractivity contribution in [1.29, 1.82) is 0 Å². The minimum atomic E-state index is -1.05. The minimum Gasteiger partial charge on any atom is -0.445 e. The van der Waals surface area contributed by atoms with Crippen molar-refractivity contribution < 1.29 is 47.8 Å². The van der Waals surface area contributed by atoms with Crippen molar-refractivity contribution in [3.05, 3.63) is 96.6 Å². The highest BCUT2D eigenvalue weighted by Crippen LogP contribution is 2.28. The molecule has 3 aliphatic heterocycles. The van der Waals surface area contributed by atoms with Gasteiger partial charge in [-0.15, -0.1) is 0 Å². The summed E-state index contributed by atoms with van der Waals surface area (Å²) in [5.74, 6) is -3.03. The zero-order chi connectivity index (χ0) is 54.8. The van der Waals surface area contributed by atoms with E-state index in [1.165, 1.54) is 18.3 Å². The molecule has 4 aromatic rings. The van der Waals surface area contributed by atoms with Crippen molar-refractivity contribution >= 4 is 76.1 Å². The lowest BCUT2D eigenvalue weighted by Crippen LogP contribution is -2.54. The van der Waals surface area contributed by atoms with Gasteiger partial charge in [0.05, 0.1) is 48.7 Å². The third-order valence-electron chi connectivity index (χ3n) is 13.1. The molecule has 5 heterocycles. The Morgan fingerprint density at radius 1 is 0.831 bits per heavy atom. The second kappa shape index (κ2) is 27.2. The lowest BCUT2D eigenvalue weighted by Gasteiger charge is -2.30. The van der Waals surface area contributed by atoms with Gasteiger partial charge in [-0.25, -0.2) is 19.6 Å². The van der Waals surface area contributed by atoms with Crippen LogP contribution in [-0.2, 0) is 40.1 Å². The number of carbonyl (C=O) groups excluding carboxylic acids is 8. The molecule has 9 amide bonds. The van der Waals surface area contributed by atoms with E-state index in [1.54, 1.807) is 50.5 Å². The van der Waals surface area contributed by atoms with E-state index in [0.717, 1.165) is 21.8 Å². The van der Waals surface area contributed by atoms with Crippen molar-refractivity contribution in [1.82, 2.24) is 41.1 Å². The first-order valence-electron chi connectivity index (χ1n) is 25.7. The van der Waals surface area contributed by atoms with Crippen LogP contribution in [0.5, 0.6) is 0 Å². The minimum absolute atomic E-state index is 0.00886. The van der Waals surface area contributed by atoms with Crippen LogP contribution in [0.2, 0.25) is 0 Å².